The third-order valence-electron chi connectivity index (χ3n) is 2.90. The van der Waals surface area contributed by atoms with E-state index in [2.05, 4.69) is 17.2 Å². The zero-order valence-corrected chi connectivity index (χ0v) is 12.1. The molecular formula is C14H24FN3O. The zero-order valence-electron chi connectivity index (χ0n) is 12.1. The lowest BCUT2D eigenvalue weighted by atomic mass is 10.2. The number of aromatic nitrogens is 1. The van der Waals surface area contributed by atoms with Crippen LogP contribution in [-0.2, 0) is 11.3 Å². The van der Waals surface area contributed by atoms with E-state index in [1.54, 1.807) is 19.4 Å². The SMILES string of the molecule is CCCNCc1ccnc(N(C)CCCOC)c1F. The van der Waals surface area contributed by atoms with Gasteiger partial charge in [-0.2, -0.15) is 0 Å². The van der Waals surface area contributed by atoms with E-state index >= 15 is 0 Å². The van der Waals surface area contributed by atoms with Crippen molar-refractivity contribution in [3.8, 4) is 0 Å². The minimum atomic E-state index is -0.231. The van der Waals surface area contributed by atoms with E-state index in [4.69, 9.17) is 4.74 Å². The van der Waals surface area contributed by atoms with Gasteiger partial charge in [-0.25, -0.2) is 9.37 Å². The van der Waals surface area contributed by atoms with Gasteiger partial charge >= 0.3 is 0 Å². The maximum atomic E-state index is 14.3. The minimum Gasteiger partial charge on any atom is -0.385 e. The first-order chi connectivity index (χ1) is 9.20. The Hall–Kier alpha value is -1.20. The van der Waals surface area contributed by atoms with Crippen molar-refractivity contribution in [3.63, 3.8) is 0 Å². The standard InChI is InChI=1S/C14H24FN3O/c1-4-7-16-11-12-6-8-17-14(13(12)15)18(2)9-5-10-19-3/h6,8,16H,4-5,7,9-11H2,1-3H3. The number of nitrogens with one attached hydrogen (secondary N) is 1. The molecule has 0 aliphatic heterocycles. The van der Waals surface area contributed by atoms with E-state index < -0.39 is 0 Å². The molecule has 0 radical (unpaired) electrons. The molecule has 1 aromatic rings. The average molecular weight is 269 g/mol. The highest BCUT2D eigenvalue weighted by atomic mass is 19.1. The number of nitrogens with zero attached hydrogens (tertiary/aromatic N) is 2. The second kappa shape index (κ2) is 8.82. The normalized spacial score (nSPS) is 10.7. The molecule has 1 N–H and O–H groups in total. The number of halogens is 1. The molecular weight excluding hydrogens is 245 g/mol. The van der Waals surface area contributed by atoms with Gasteiger partial charge in [0, 0.05) is 45.6 Å². The molecule has 4 nitrogen and oxygen atoms in total. The number of ether oxygens (including phenoxy) is 1. The van der Waals surface area contributed by atoms with Crippen molar-refractivity contribution in [2.45, 2.75) is 26.3 Å². The summed E-state index contributed by atoms with van der Waals surface area (Å²) in [4.78, 5) is 5.96. The Morgan fingerprint density at radius 3 is 2.95 bits per heavy atom. The van der Waals surface area contributed by atoms with Crippen molar-refractivity contribution < 1.29 is 9.13 Å². The summed E-state index contributed by atoms with van der Waals surface area (Å²) in [6.45, 7) is 4.92. The van der Waals surface area contributed by atoms with Crippen molar-refractivity contribution in [2.75, 3.05) is 38.8 Å². The van der Waals surface area contributed by atoms with Crippen LogP contribution < -0.4 is 10.2 Å². The van der Waals surface area contributed by atoms with Gasteiger partial charge in [0.15, 0.2) is 11.6 Å². The molecule has 0 spiro atoms. The lowest BCUT2D eigenvalue weighted by molar-refractivity contribution is 0.196. The maximum absolute atomic E-state index is 14.3. The molecule has 0 aromatic carbocycles. The Morgan fingerprint density at radius 2 is 2.26 bits per heavy atom. The first-order valence-electron chi connectivity index (χ1n) is 6.74. The van der Waals surface area contributed by atoms with Crippen molar-refractivity contribution in [3.05, 3.63) is 23.6 Å². The summed E-state index contributed by atoms with van der Waals surface area (Å²) in [5.41, 5.74) is 0.664. The minimum absolute atomic E-state index is 0.231. The highest BCUT2D eigenvalue weighted by Crippen LogP contribution is 2.18. The number of methoxy groups -OCH3 is 1. The lowest BCUT2D eigenvalue weighted by Crippen LogP contribution is -2.23. The van der Waals surface area contributed by atoms with Gasteiger partial charge in [-0.1, -0.05) is 6.92 Å². The van der Waals surface area contributed by atoms with Gasteiger partial charge in [0.25, 0.3) is 0 Å². The molecule has 0 fully saturated rings. The molecule has 19 heavy (non-hydrogen) atoms. The van der Waals surface area contributed by atoms with Gasteiger partial charge in [0.1, 0.15) is 0 Å². The summed E-state index contributed by atoms with van der Waals surface area (Å²) in [5, 5.41) is 3.20. The van der Waals surface area contributed by atoms with Gasteiger partial charge < -0.3 is 15.0 Å². The number of rotatable bonds is 9. The molecule has 1 aromatic heterocycles. The molecule has 0 saturated carbocycles. The Labute approximate surface area is 115 Å². The van der Waals surface area contributed by atoms with Gasteiger partial charge in [-0.05, 0) is 25.5 Å². The Bertz CT molecular complexity index is 374. The van der Waals surface area contributed by atoms with E-state index in [1.807, 2.05) is 11.9 Å². The molecule has 0 saturated heterocycles. The summed E-state index contributed by atoms with van der Waals surface area (Å²) in [6, 6.07) is 1.73. The molecule has 0 aliphatic carbocycles. The lowest BCUT2D eigenvalue weighted by Gasteiger charge is -2.19. The average Bonchev–Trinajstić information content (AvgIpc) is 2.41. The quantitative estimate of drug-likeness (QED) is 0.697. The number of hydrogen-bond acceptors (Lipinski definition) is 4. The van der Waals surface area contributed by atoms with Crippen LogP contribution in [0, 0.1) is 5.82 Å². The van der Waals surface area contributed by atoms with Gasteiger partial charge in [-0.15, -0.1) is 0 Å². The van der Waals surface area contributed by atoms with E-state index in [1.165, 1.54) is 0 Å². The summed E-state index contributed by atoms with van der Waals surface area (Å²) in [7, 11) is 3.52. The zero-order chi connectivity index (χ0) is 14.1. The number of pyridine rings is 1. The first-order valence-corrected chi connectivity index (χ1v) is 6.74. The van der Waals surface area contributed by atoms with Crippen molar-refractivity contribution in [1.82, 2.24) is 10.3 Å². The van der Waals surface area contributed by atoms with Crippen LogP contribution in [0.1, 0.15) is 25.3 Å². The van der Waals surface area contributed by atoms with E-state index in [0.717, 1.165) is 25.9 Å². The van der Waals surface area contributed by atoms with Crippen molar-refractivity contribution >= 4 is 5.82 Å². The summed E-state index contributed by atoms with van der Waals surface area (Å²) in [5.74, 6) is 0.179. The number of anilines is 1. The largest absolute Gasteiger partial charge is 0.385 e. The van der Waals surface area contributed by atoms with Crippen molar-refractivity contribution in [2.24, 2.45) is 0 Å². The Balaban J connectivity index is 2.64. The highest BCUT2D eigenvalue weighted by Gasteiger charge is 2.12. The molecule has 5 heteroatoms. The van der Waals surface area contributed by atoms with Gasteiger partial charge in [-0.3, -0.25) is 0 Å². The molecule has 108 valence electrons. The van der Waals surface area contributed by atoms with E-state index in [0.29, 0.717) is 24.5 Å². The predicted octanol–water partition coefficient (Wildman–Crippen LogP) is 2.19. The van der Waals surface area contributed by atoms with E-state index in [-0.39, 0.29) is 5.82 Å². The highest BCUT2D eigenvalue weighted by molar-refractivity contribution is 5.42. The second-order valence-corrected chi connectivity index (χ2v) is 4.55. The van der Waals surface area contributed by atoms with Gasteiger partial charge in [0.2, 0.25) is 0 Å². The fourth-order valence-corrected chi connectivity index (χ4v) is 1.83. The molecule has 0 atom stereocenters. The smallest absolute Gasteiger partial charge is 0.170 e. The van der Waals surface area contributed by atoms with Crippen LogP contribution in [-0.4, -0.2) is 38.8 Å². The molecule has 0 unspecified atom stereocenters. The third kappa shape index (κ3) is 5.12. The maximum Gasteiger partial charge on any atom is 0.170 e. The number of hydrogen-bond donors (Lipinski definition) is 1. The topological polar surface area (TPSA) is 37.4 Å². The van der Waals surface area contributed by atoms with Crippen LogP contribution in [0.2, 0.25) is 0 Å². The molecule has 0 amide bonds. The van der Waals surface area contributed by atoms with Crippen LogP contribution in [0.3, 0.4) is 0 Å². The van der Waals surface area contributed by atoms with Crippen LogP contribution in [0.15, 0.2) is 12.3 Å². The van der Waals surface area contributed by atoms with Crippen LogP contribution in [0.5, 0.6) is 0 Å². The van der Waals surface area contributed by atoms with Gasteiger partial charge in [0.05, 0.1) is 0 Å². The Morgan fingerprint density at radius 1 is 1.47 bits per heavy atom. The predicted molar refractivity (Wildman–Crippen MR) is 76.0 cm³/mol. The summed E-state index contributed by atoms with van der Waals surface area (Å²) in [6.07, 6.45) is 3.55. The van der Waals surface area contributed by atoms with Crippen molar-refractivity contribution in [1.29, 1.82) is 0 Å². The monoisotopic (exact) mass is 269 g/mol. The first kappa shape index (κ1) is 15.9. The summed E-state index contributed by atoms with van der Waals surface area (Å²) >= 11 is 0. The van der Waals surface area contributed by atoms with Crippen LogP contribution in [0.25, 0.3) is 0 Å². The molecule has 1 rings (SSSR count). The van der Waals surface area contributed by atoms with Crippen LogP contribution in [0.4, 0.5) is 10.2 Å². The fourth-order valence-electron chi connectivity index (χ4n) is 1.83. The van der Waals surface area contributed by atoms with E-state index in [9.17, 15) is 4.39 Å². The fraction of sp³-hybridized carbons (Fsp3) is 0.643. The molecule has 0 aliphatic rings. The molecule has 1 heterocycles. The third-order valence-corrected chi connectivity index (χ3v) is 2.90. The summed E-state index contributed by atoms with van der Waals surface area (Å²) < 4.78 is 19.3. The molecule has 0 bridgehead atoms. The Kier molecular flexibility index (Phi) is 7.36. The second-order valence-electron chi connectivity index (χ2n) is 4.55. The van der Waals surface area contributed by atoms with Crippen LogP contribution >= 0.6 is 0 Å².